The van der Waals surface area contributed by atoms with E-state index in [2.05, 4.69) is 10.4 Å². The quantitative estimate of drug-likeness (QED) is 0.702. The molecule has 0 aliphatic heterocycles. The van der Waals surface area contributed by atoms with E-state index in [-0.39, 0.29) is 41.6 Å². The molecule has 0 fully saturated rings. The van der Waals surface area contributed by atoms with E-state index in [4.69, 9.17) is 11.6 Å². The zero-order chi connectivity index (χ0) is 18.5. The molecular weight excluding hydrogens is 377 g/mol. The molecule has 5 nitrogen and oxygen atoms in total. The predicted octanol–water partition coefficient (Wildman–Crippen LogP) is 3.12. The first-order valence-electron chi connectivity index (χ1n) is 7.86. The first kappa shape index (κ1) is 18.3. The number of hydrogen-bond acceptors (Lipinski definition) is 4. The highest BCUT2D eigenvalue weighted by molar-refractivity contribution is 7.13. The molecular formula is C18H15ClFN3O2S. The molecule has 0 spiro atoms. The van der Waals surface area contributed by atoms with Gasteiger partial charge in [0.25, 0.3) is 5.56 Å². The zero-order valence-electron chi connectivity index (χ0n) is 13.6. The Labute approximate surface area is 158 Å². The fraction of sp³-hybridized carbons (Fsp3) is 0.167. The molecule has 0 aliphatic carbocycles. The van der Waals surface area contributed by atoms with Gasteiger partial charge in [0.15, 0.2) is 0 Å². The largest absolute Gasteiger partial charge is 0.354 e. The Morgan fingerprint density at radius 2 is 2.08 bits per heavy atom. The van der Waals surface area contributed by atoms with Crippen LogP contribution in [0.25, 0.3) is 10.6 Å². The Morgan fingerprint density at radius 3 is 2.81 bits per heavy atom. The van der Waals surface area contributed by atoms with Crippen LogP contribution in [0.15, 0.2) is 52.6 Å². The number of aromatic nitrogens is 2. The normalized spacial score (nSPS) is 10.7. The van der Waals surface area contributed by atoms with Crippen LogP contribution in [-0.4, -0.2) is 22.2 Å². The Kier molecular flexibility index (Phi) is 5.80. The SMILES string of the molecule is O=C(Cc1c(F)cccc1Cl)NCCn1nc(-c2cccs2)ccc1=O. The van der Waals surface area contributed by atoms with Crippen LogP contribution >= 0.6 is 22.9 Å². The molecule has 0 unspecified atom stereocenters. The summed E-state index contributed by atoms with van der Waals surface area (Å²) in [5.41, 5.74) is 0.599. The molecule has 1 aromatic carbocycles. The number of nitrogens with zero attached hydrogens (tertiary/aromatic N) is 2. The fourth-order valence-corrected chi connectivity index (χ4v) is 3.31. The lowest BCUT2D eigenvalue weighted by Gasteiger charge is -2.09. The summed E-state index contributed by atoms with van der Waals surface area (Å²) in [6.45, 7) is 0.417. The number of benzene rings is 1. The number of carbonyl (C=O) groups excluding carboxylic acids is 1. The molecule has 134 valence electrons. The van der Waals surface area contributed by atoms with Crippen molar-refractivity contribution in [3.05, 3.63) is 74.6 Å². The van der Waals surface area contributed by atoms with Crippen molar-refractivity contribution in [1.29, 1.82) is 0 Å². The Balaban J connectivity index is 1.60. The van der Waals surface area contributed by atoms with E-state index in [0.717, 1.165) is 4.88 Å². The third-order valence-electron chi connectivity index (χ3n) is 3.69. The predicted molar refractivity (Wildman–Crippen MR) is 99.9 cm³/mol. The molecule has 26 heavy (non-hydrogen) atoms. The molecule has 1 N–H and O–H groups in total. The summed E-state index contributed by atoms with van der Waals surface area (Å²) in [6.07, 6.45) is -0.164. The summed E-state index contributed by atoms with van der Waals surface area (Å²) < 4.78 is 15.0. The average Bonchev–Trinajstić information content (AvgIpc) is 3.14. The highest BCUT2D eigenvalue weighted by Gasteiger charge is 2.12. The number of amides is 1. The molecule has 0 radical (unpaired) electrons. The van der Waals surface area contributed by atoms with Crippen molar-refractivity contribution in [2.24, 2.45) is 0 Å². The molecule has 3 rings (SSSR count). The molecule has 8 heteroatoms. The highest BCUT2D eigenvalue weighted by Crippen LogP contribution is 2.21. The van der Waals surface area contributed by atoms with Crippen LogP contribution in [-0.2, 0) is 17.8 Å². The van der Waals surface area contributed by atoms with Crippen molar-refractivity contribution in [3.63, 3.8) is 0 Å². The third-order valence-corrected chi connectivity index (χ3v) is 4.93. The van der Waals surface area contributed by atoms with Gasteiger partial charge in [-0.15, -0.1) is 11.3 Å². The summed E-state index contributed by atoms with van der Waals surface area (Å²) in [4.78, 5) is 24.9. The van der Waals surface area contributed by atoms with E-state index in [1.807, 2.05) is 17.5 Å². The number of nitrogens with one attached hydrogen (secondary N) is 1. The van der Waals surface area contributed by atoms with Crippen molar-refractivity contribution in [3.8, 4) is 10.6 Å². The monoisotopic (exact) mass is 391 g/mol. The molecule has 0 saturated carbocycles. The Hall–Kier alpha value is -2.51. The van der Waals surface area contributed by atoms with Crippen LogP contribution < -0.4 is 10.9 Å². The van der Waals surface area contributed by atoms with Gasteiger partial charge >= 0.3 is 0 Å². The first-order chi connectivity index (χ1) is 12.5. The molecule has 0 aliphatic rings. The van der Waals surface area contributed by atoms with Crippen molar-refractivity contribution in [1.82, 2.24) is 15.1 Å². The van der Waals surface area contributed by atoms with E-state index in [1.165, 1.54) is 40.3 Å². The Morgan fingerprint density at radius 1 is 1.23 bits per heavy atom. The number of halogens is 2. The minimum absolute atomic E-state index is 0.154. The fourth-order valence-electron chi connectivity index (χ4n) is 2.39. The van der Waals surface area contributed by atoms with Gasteiger partial charge in [0.1, 0.15) is 11.5 Å². The maximum Gasteiger partial charge on any atom is 0.266 e. The maximum absolute atomic E-state index is 13.7. The van der Waals surface area contributed by atoms with Gasteiger partial charge in [-0.3, -0.25) is 9.59 Å². The van der Waals surface area contributed by atoms with Gasteiger partial charge in [0.2, 0.25) is 5.91 Å². The van der Waals surface area contributed by atoms with E-state index >= 15 is 0 Å². The van der Waals surface area contributed by atoms with Gasteiger partial charge in [0.05, 0.1) is 17.8 Å². The number of thiophene rings is 1. The van der Waals surface area contributed by atoms with Gasteiger partial charge < -0.3 is 5.32 Å². The van der Waals surface area contributed by atoms with Gasteiger partial charge in [0, 0.05) is 23.2 Å². The minimum atomic E-state index is -0.519. The summed E-state index contributed by atoms with van der Waals surface area (Å²) in [6, 6.07) is 11.2. The summed E-state index contributed by atoms with van der Waals surface area (Å²) >= 11 is 7.44. The number of rotatable bonds is 6. The zero-order valence-corrected chi connectivity index (χ0v) is 15.2. The van der Waals surface area contributed by atoms with Gasteiger partial charge in [-0.05, 0) is 29.6 Å². The molecule has 3 aromatic rings. The topological polar surface area (TPSA) is 64.0 Å². The standard InChI is InChI=1S/C18H15ClFN3O2S/c19-13-3-1-4-14(20)12(13)11-17(24)21-8-9-23-18(25)7-6-15(22-23)16-5-2-10-26-16/h1-7,10H,8-9,11H2,(H,21,24). The minimum Gasteiger partial charge on any atom is -0.354 e. The van der Waals surface area contributed by atoms with Crippen molar-refractivity contribution in [2.75, 3.05) is 6.54 Å². The van der Waals surface area contributed by atoms with E-state index in [9.17, 15) is 14.0 Å². The highest BCUT2D eigenvalue weighted by atomic mass is 35.5. The van der Waals surface area contributed by atoms with Crippen LogP contribution in [0, 0.1) is 5.82 Å². The van der Waals surface area contributed by atoms with E-state index in [0.29, 0.717) is 5.69 Å². The number of carbonyl (C=O) groups is 1. The van der Waals surface area contributed by atoms with Gasteiger partial charge in [-0.2, -0.15) is 5.10 Å². The molecule has 1 amide bonds. The van der Waals surface area contributed by atoms with Crippen LogP contribution in [0.2, 0.25) is 5.02 Å². The van der Waals surface area contributed by atoms with E-state index < -0.39 is 5.82 Å². The summed E-state index contributed by atoms with van der Waals surface area (Å²) in [7, 11) is 0. The summed E-state index contributed by atoms with van der Waals surface area (Å²) in [5, 5.41) is 9.10. The smallest absolute Gasteiger partial charge is 0.266 e. The molecule has 2 heterocycles. The molecule has 0 saturated heterocycles. The maximum atomic E-state index is 13.7. The second-order valence-corrected chi connectivity index (χ2v) is 6.84. The second kappa shape index (κ2) is 8.25. The van der Waals surface area contributed by atoms with Gasteiger partial charge in [-0.25, -0.2) is 9.07 Å². The molecule has 0 atom stereocenters. The van der Waals surface area contributed by atoms with Crippen LogP contribution in [0.3, 0.4) is 0 Å². The average molecular weight is 392 g/mol. The van der Waals surface area contributed by atoms with Crippen LogP contribution in [0.4, 0.5) is 4.39 Å². The first-order valence-corrected chi connectivity index (χ1v) is 9.12. The Bertz CT molecular complexity index is 953. The molecule has 2 aromatic heterocycles. The third kappa shape index (κ3) is 4.36. The van der Waals surface area contributed by atoms with Gasteiger partial charge in [-0.1, -0.05) is 23.7 Å². The lowest BCUT2D eigenvalue weighted by atomic mass is 10.1. The van der Waals surface area contributed by atoms with Crippen LogP contribution in [0.5, 0.6) is 0 Å². The second-order valence-electron chi connectivity index (χ2n) is 5.48. The lowest BCUT2D eigenvalue weighted by molar-refractivity contribution is -0.120. The van der Waals surface area contributed by atoms with Crippen molar-refractivity contribution >= 4 is 28.8 Å². The lowest BCUT2D eigenvalue weighted by Crippen LogP contribution is -2.32. The van der Waals surface area contributed by atoms with Crippen LogP contribution in [0.1, 0.15) is 5.56 Å². The summed E-state index contributed by atoms with van der Waals surface area (Å²) in [5.74, 6) is -0.895. The van der Waals surface area contributed by atoms with Crippen molar-refractivity contribution < 1.29 is 9.18 Å². The van der Waals surface area contributed by atoms with Crippen molar-refractivity contribution in [2.45, 2.75) is 13.0 Å². The molecule has 0 bridgehead atoms. The van der Waals surface area contributed by atoms with E-state index in [1.54, 1.807) is 6.07 Å². The number of hydrogen-bond donors (Lipinski definition) is 1.